The number of nitrogens with zero attached hydrogens (tertiary/aromatic N) is 1. The van der Waals surface area contributed by atoms with E-state index < -0.39 is 0 Å². The Morgan fingerprint density at radius 3 is 2.44 bits per heavy atom. The number of aromatic nitrogens is 1. The Morgan fingerprint density at radius 2 is 1.64 bits per heavy atom. The molecule has 0 aliphatic carbocycles. The van der Waals surface area contributed by atoms with Gasteiger partial charge >= 0.3 is 0 Å². The van der Waals surface area contributed by atoms with Crippen LogP contribution in [0.4, 0.5) is 0 Å². The predicted octanol–water partition coefficient (Wildman–Crippen LogP) is 5.69. The molecule has 0 spiro atoms. The highest BCUT2D eigenvalue weighted by Crippen LogP contribution is 2.41. The quantitative estimate of drug-likeness (QED) is 0.506. The highest BCUT2D eigenvalue weighted by atomic mass is 15.1. The number of allylic oxidation sites excluding steroid dienone is 1. The van der Waals surface area contributed by atoms with Crippen LogP contribution in [0.5, 0.6) is 0 Å². The monoisotopic (exact) mass is 326 g/mol. The van der Waals surface area contributed by atoms with Crippen molar-refractivity contribution in [3.63, 3.8) is 0 Å². The van der Waals surface area contributed by atoms with Crippen LogP contribution in [0.3, 0.4) is 0 Å². The van der Waals surface area contributed by atoms with Gasteiger partial charge < -0.3 is 0 Å². The lowest BCUT2D eigenvalue weighted by molar-refractivity contribution is -0.733. The molecule has 0 radical (unpaired) electrons. The molecule has 0 fully saturated rings. The normalized spacial score (nSPS) is 14.8. The van der Waals surface area contributed by atoms with Crippen molar-refractivity contribution in [3.05, 3.63) is 84.1 Å². The summed E-state index contributed by atoms with van der Waals surface area (Å²) in [7, 11) is 0. The maximum Gasteiger partial charge on any atom is 0.213 e. The SMILES string of the molecule is C=C1c2ccc(-c3cc(C)ccc3C)cc2-c2cccc[n+]2C1(C)C. The molecule has 0 saturated carbocycles. The molecular formula is C24H24N+. The minimum absolute atomic E-state index is 0.121. The zero-order chi connectivity index (χ0) is 17.8. The van der Waals surface area contributed by atoms with Crippen molar-refractivity contribution in [2.45, 2.75) is 33.2 Å². The van der Waals surface area contributed by atoms with E-state index in [9.17, 15) is 0 Å². The van der Waals surface area contributed by atoms with E-state index in [1.807, 2.05) is 0 Å². The summed E-state index contributed by atoms with van der Waals surface area (Å²) in [6, 6.07) is 19.9. The van der Waals surface area contributed by atoms with Gasteiger partial charge in [-0.05, 0) is 48.2 Å². The number of rotatable bonds is 1. The van der Waals surface area contributed by atoms with Crippen LogP contribution in [-0.2, 0) is 5.54 Å². The van der Waals surface area contributed by atoms with Gasteiger partial charge in [-0.15, -0.1) is 0 Å². The first kappa shape index (κ1) is 15.8. The lowest BCUT2D eigenvalue weighted by Gasteiger charge is -2.30. The number of fused-ring (bicyclic) bond motifs is 3. The summed E-state index contributed by atoms with van der Waals surface area (Å²) in [6.45, 7) is 13.2. The van der Waals surface area contributed by atoms with Gasteiger partial charge in [-0.1, -0.05) is 42.5 Å². The lowest BCUT2D eigenvalue weighted by atomic mass is 9.80. The van der Waals surface area contributed by atoms with Crippen molar-refractivity contribution in [3.8, 4) is 22.4 Å². The topological polar surface area (TPSA) is 3.88 Å². The minimum atomic E-state index is -0.121. The standard InChI is InChI=1S/C24H24N/c1-16-9-10-17(2)21(14-16)19-11-12-20-18(3)24(4,5)25-13-7-6-8-23(25)22(20)15-19/h6-15H,3H2,1-2,4-5H3/q+1. The molecule has 0 unspecified atom stereocenters. The molecule has 1 nitrogen and oxygen atoms in total. The average Bonchev–Trinajstić information content (AvgIpc) is 2.62. The van der Waals surface area contributed by atoms with Crippen LogP contribution >= 0.6 is 0 Å². The molecule has 0 saturated heterocycles. The third kappa shape index (κ3) is 2.34. The second kappa shape index (κ2) is 5.42. The van der Waals surface area contributed by atoms with E-state index in [1.165, 1.54) is 44.6 Å². The van der Waals surface area contributed by atoms with Crippen LogP contribution in [0.15, 0.2) is 67.4 Å². The summed E-state index contributed by atoms with van der Waals surface area (Å²) in [5.41, 5.74) is 9.99. The van der Waals surface area contributed by atoms with E-state index in [-0.39, 0.29) is 5.54 Å². The molecule has 1 aliphatic rings. The van der Waals surface area contributed by atoms with Gasteiger partial charge in [0.1, 0.15) is 0 Å². The molecule has 124 valence electrons. The van der Waals surface area contributed by atoms with Crippen LogP contribution in [0, 0.1) is 13.8 Å². The van der Waals surface area contributed by atoms with Gasteiger partial charge in [0.05, 0.1) is 5.56 Å². The first-order valence-corrected chi connectivity index (χ1v) is 8.82. The van der Waals surface area contributed by atoms with Crippen LogP contribution in [0.1, 0.15) is 30.5 Å². The summed E-state index contributed by atoms with van der Waals surface area (Å²) in [5.74, 6) is 0. The molecule has 25 heavy (non-hydrogen) atoms. The number of hydrogen-bond acceptors (Lipinski definition) is 0. The zero-order valence-electron chi connectivity index (χ0n) is 15.4. The largest absolute Gasteiger partial charge is 0.213 e. The van der Waals surface area contributed by atoms with Crippen molar-refractivity contribution < 1.29 is 4.57 Å². The molecule has 1 aliphatic heterocycles. The number of aryl methyl sites for hydroxylation is 2. The molecule has 3 aromatic rings. The Morgan fingerprint density at radius 1 is 0.840 bits per heavy atom. The van der Waals surface area contributed by atoms with Gasteiger partial charge in [0.2, 0.25) is 5.69 Å². The number of benzene rings is 2. The Hall–Kier alpha value is -2.67. The molecular weight excluding hydrogens is 302 g/mol. The van der Waals surface area contributed by atoms with Gasteiger partial charge in [-0.3, -0.25) is 0 Å². The Bertz CT molecular complexity index is 1010. The van der Waals surface area contributed by atoms with Crippen molar-refractivity contribution >= 4 is 5.57 Å². The molecule has 0 amide bonds. The van der Waals surface area contributed by atoms with Crippen molar-refractivity contribution in [1.29, 1.82) is 0 Å². The van der Waals surface area contributed by atoms with Gasteiger partial charge in [0.15, 0.2) is 11.7 Å². The van der Waals surface area contributed by atoms with E-state index in [0.29, 0.717) is 0 Å². The fourth-order valence-electron chi connectivity index (χ4n) is 3.86. The lowest BCUT2D eigenvalue weighted by Crippen LogP contribution is -2.55. The molecule has 0 N–H and O–H groups in total. The average molecular weight is 326 g/mol. The summed E-state index contributed by atoms with van der Waals surface area (Å²) in [4.78, 5) is 0. The van der Waals surface area contributed by atoms with Crippen LogP contribution < -0.4 is 4.57 Å². The highest BCUT2D eigenvalue weighted by Gasteiger charge is 2.41. The molecule has 0 atom stereocenters. The van der Waals surface area contributed by atoms with E-state index in [1.54, 1.807) is 0 Å². The summed E-state index contributed by atoms with van der Waals surface area (Å²) < 4.78 is 2.34. The summed E-state index contributed by atoms with van der Waals surface area (Å²) >= 11 is 0. The third-order valence-electron chi connectivity index (χ3n) is 5.53. The Kier molecular flexibility index (Phi) is 3.43. The first-order chi connectivity index (χ1) is 11.9. The maximum atomic E-state index is 4.42. The van der Waals surface area contributed by atoms with Crippen molar-refractivity contribution in [2.24, 2.45) is 0 Å². The second-order valence-electron chi connectivity index (χ2n) is 7.57. The fourth-order valence-corrected chi connectivity index (χ4v) is 3.86. The van der Waals surface area contributed by atoms with Gasteiger partial charge in [0.25, 0.3) is 0 Å². The maximum absolute atomic E-state index is 4.42. The van der Waals surface area contributed by atoms with Gasteiger partial charge in [0, 0.05) is 31.6 Å². The van der Waals surface area contributed by atoms with E-state index >= 15 is 0 Å². The van der Waals surface area contributed by atoms with E-state index in [0.717, 1.165) is 0 Å². The van der Waals surface area contributed by atoms with E-state index in [2.05, 4.69) is 99.6 Å². The van der Waals surface area contributed by atoms with Crippen molar-refractivity contribution in [2.75, 3.05) is 0 Å². The molecule has 2 aromatic carbocycles. The van der Waals surface area contributed by atoms with Crippen LogP contribution in [0.25, 0.3) is 28.0 Å². The third-order valence-corrected chi connectivity index (χ3v) is 5.53. The number of pyridine rings is 1. The minimum Gasteiger partial charge on any atom is -0.189 e. The van der Waals surface area contributed by atoms with E-state index in [4.69, 9.17) is 0 Å². The van der Waals surface area contributed by atoms with Crippen LogP contribution in [0.2, 0.25) is 0 Å². The fraction of sp³-hybridized carbons (Fsp3) is 0.208. The molecule has 1 aromatic heterocycles. The number of hydrogen-bond donors (Lipinski definition) is 0. The molecule has 2 heterocycles. The van der Waals surface area contributed by atoms with Crippen LogP contribution in [-0.4, -0.2) is 0 Å². The molecule has 4 rings (SSSR count). The molecule has 0 bridgehead atoms. The zero-order valence-corrected chi connectivity index (χ0v) is 15.4. The first-order valence-electron chi connectivity index (χ1n) is 8.82. The smallest absolute Gasteiger partial charge is 0.189 e. The predicted molar refractivity (Wildman–Crippen MR) is 105 cm³/mol. The van der Waals surface area contributed by atoms with Gasteiger partial charge in [-0.25, -0.2) is 0 Å². The van der Waals surface area contributed by atoms with Crippen molar-refractivity contribution in [1.82, 2.24) is 0 Å². The Labute approximate surface area is 150 Å². The summed E-state index contributed by atoms with van der Waals surface area (Å²) in [5, 5.41) is 0. The van der Waals surface area contributed by atoms with Gasteiger partial charge in [-0.2, -0.15) is 4.57 Å². The summed E-state index contributed by atoms with van der Waals surface area (Å²) in [6.07, 6.45) is 2.16. The molecule has 1 heteroatoms. The highest BCUT2D eigenvalue weighted by molar-refractivity contribution is 5.86. The Balaban J connectivity index is 1.98. The second-order valence-corrected chi connectivity index (χ2v) is 7.57.